The van der Waals surface area contributed by atoms with Gasteiger partial charge in [0.15, 0.2) is 0 Å². The number of rotatable bonds is 3. The number of anilines is 1. The highest BCUT2D eigenvalue weighted by atomic mass is 19.1. The molecule has 1 aliphatic rings. The maximum absolute atomic E-state index is 13.5. The molecule has 2 amide bonds. The van der Waals surface area contributed by atoms with E-state index in [1.165, 1.54) is 18.2 Å². The molecule has 2 aromatic rings. The van der Waals surface area contributed by atoms with E-state index in [2.05, 4.69) is 17.6 Å². The Morgan fingerprint density at radius 2 is 2.03 bits per heavy atom. The maximum Gasteiger partial charge on any atom is 0.257 e. The fraction of sp³-hybridized carbons (Fsp3) is 0.417. The van der Waals surface area contributed by atoms with Crippen molar-refractivity contribution in [2.45, 2.75) is 26.0 Å². The number of nitrogens with zero attached hydrogens (tertiary/aromatic N) is 1. The van der Waals surface area contributed by atoms with Crippen LogP contribution in [0.25, 0.3) is 0 Å². The number of nitrogens with one attached hydrogen (secondary N) is 2. The molecule has 3 rings (SSSR count). The predicted molar refractivity (Wildman–Crippen MR) is 121 cm³/mol. The molecule has 0 bridgehead atoms. The first-order valence-electron chi connectivity index (χ1n) is 10.6. The van der Waals surface area contributed by atoms with Crippen LogP contribution in [0.5, 0.6) is 5.75 Å². The summed E-state index contributed by atoms with van der Waals surface area (Å²) in [5.41, 5.74) is 0.937. The lowest BCUT2D eigenvalue weighted by Crippen LogP contribution is -2.44. The molecule has 3 atom stereocenters. The zero-order chi connectivity index (χ0) is 23.3. The molecule has 0 aliphatic carbocycles. The van der Waals surface area contributed by atoms with Gasteiger partial charge >= 0.3 is 0 Å². The largest absolute Gasteiger partial charge is 0.491 e. The quantitative estimate of drug-likeness (QED) is 0.762. The molecule has 0 saturated heterocycles. The van der Waals surface area contributed by atoms with Crippen molar-refractivity contribution in [3.8, 4) is 5.75 Å². The van der Waals surface area contributed by atoms with E-state index in [-0.39, 0.29) is 29.5 Å². The molecule has 172 valence electrons. The summed E-state index contributed by atoms with van der Waals surface area (Å²) >= 11 is 0. The van der Waals surface area contributed by atoms with Gasteiger partial charge in [-0.2, -0.15) is 0 Å². The molecule has 8 heteroatoms. The van der Waals surface area contributed by atoms with Crippen LogP contribution in [-0.2, 0) is 4.74 Å². The van der Waals surface area contributed by atoms with E-state index >= 15 is 0 Å². The summed E-state index contributed by atoms with van der Waals surface area (Å²) in [6.07, 6.45) is -0.136. The Kier molecular flexibility index (Phi) is 7.82. The summed E-state index contributed by atoms with van der Waals surface area (Å²) in [4.78, 5) is 27.4. The van der Waals surface area contributed by atoms with E-state index in [0.717, 1.165) is 12.6 Å². The molecule has 1 heterocycles. The zero-order valence-corrected chi connectivity index (χ0v) is 18.9. The number of benzene rings is 2. The van der Waals surface area contributed by atoms with Crippen molar-refractivity contribution in [1.29, 1.82) is 0 Å². The molecular formula is C24H30FN3O4. The van der Waals surface area contributed by atoms with Crippen molar-refractivity contribution in [1.82, 2.24) is 10.2 Å². The van der Waals surface area contributed by atoms with Crippen molar-refractivity contribution in [2.24, 2.45) is 5.92 Å². The van der Waals surface area contributed by atoms with Crippen LogP contribution in [-0.4, -0.2) is 62.7 Å². The van der Waals surface area contributed by atoms with Crippen LogP contribution < -0.4 is 15.4 Å². The number of halogens is 1. The van der Waals surface area contributed by atoms with Gasteiger partial charge in [0.2, 0.25) is 0 Å². The van der Waals surface area contributed by atoms with E-state index in [0.29, 0.717) is 30.2 Å². The Bertz CT molecular complexity index is 968. The lowest BCUT2D eigenvalue weighted by atomic mass is 10.0. The number of hydrogen-bond donors (Lipinski definition) is 2. The van der Waals surface area contributed by atoms with E-state index in [1.54, 1.807) is 37.3 Å². The molecule has 7 nitrogen and oxygen atoms in total. The maximum atomic E-state index is 13.5. The molecule has 32 heavy (non-hydrogen) atoms. The fourth-order valence-electron chi connectivity index (χ4n) is 3.57. The molecule has 2 aromatic carbocycles. The minimum absolute atomic E-state index is 0.0717. The van der Waals surface area contributed by atoms with Gasteiger partial charge in [0.1, 0.15) is 18.2 Å². The van der Waals surface area contributed by atoms with Crippen molar-refractivity contribution < 1.29 is 23.5 Å². The molecule has 0 radical (unpaired) electrons. The number of carbonyl (C=O) groups excluding carboxylic acids is 2. The monoisotopic (exact) mass is 443 g/mol. The summed E-state index contributed by atoms with van der Waals surface area (Å²) in [6, 6.07) is 10.4. The van der Waals surface area contributed by atoms with Crippen molar-refractivity contribution in [3.05, 3.63) is 59.4 Å². The summed E-state index contributed by atoms with van der Waals surface area (Å²) in [5.74, 6) is -0.581. The Labute approximate surface area is 187 Å². The SMILES string of the molecule is CO[C@H]1CN(C)C(=O)c2cc(NC(=O)c3cccc(F)c3)ccc2OC[C@@H](C)NC[C@@H]1C. The number of carbonyl (C=O) groups is 2. The average Bonchev–Trinajstić information content (AvgIpc) is 2.78. The van der Waals surface area contributed by atoms with Crippen LogP contribution in [0.1, 0.15) is 34.6 Å². The average molecular weight is 444 g/mol. The number of likely N-dealkylation sites (N-methyl/N-ethyl adjacent to an activating group) is 1. The van der Waals surface area contributed by atoms with Gasteiger partial charge in [0.05, 0.1) is 11.7 Å². The van der Waals surface area contributed by atoms with Gasteiger partial charge in [0, 0.05) is 44.5 Å². The first-order chi connectivity index (χ1) is 15.3. The highest BCUT2D eigenvalue weighted by Gasteiger charge is 2.25. The molecule has 0 aromatic heterocycles. The second kappa shape index (κ2) is 10.6. The number of methoxy groups -OCH3 is 1. The number of hydrogen-bond acceptors (Lipinski definition) is 5. The van der Waals surface area contributed by atoms with E-state index < -0.39 is 11.7 Å². The Morgan fingerprint density at radius 3 is 2.75 bits per heavy atom. The Balaban J connectivity index is 1.89. The van der Waals surface area contributed by atoms with Crippen LogP contribution in [0.4, 0.5) is 10.1 Å². The van der Waals surface area contributed by atoms with E-state index in [1.807, 2.05) is 6.92 Å². The molecule has 2 N–H and O–H groups in total. The fourth-order valence-corrected chi connectivity index (χ4v) is 3.57. The molecule has 0 fully saturated rings. The van der Waals surface area contributed by atoms with Crippen LogP contribution in [0.15, 0.2) is 42.5 Å². The zero-order valence-electron chi connectivity index (χ0n) is 18.9. The highest BCUT2D eigenvalue weighted by Crippen LogP contribution is 2.26. The smallest absolute Gasteiger partial charge is 0.257 e. The topological polar surface area (TPSA) is 79.9 Å². The summed E-state index contributed by atoms with van der Waals surface area (Å²) in [7, 11) is 3.36. The van der Waals surface area contributed by atoms with Crippen molar-refractivity contribution in [3.63, 3.8) is 0 Å². The second-order valence-electron chi connectivity index (χ2n) is 8.23. The van der Waals surface area contributed by atoms with Crippen LogP contribution in [0, 0.1) is 11.7 Å². The van der Waals surface area contributed by atoms with Gasteiger partial charge < -0.3 is 25.0 Å². The van der Waals surface area contributed by atoms with E-state index in [9.17, 15) is 14.0 Å². The predicted octanol–water partition coefficient (Wildman–Crippen LogP) is 3.17. The minimum atomic E-state index is -0.495. The van der Waals surface area contributed by atoms with Crippen LogP contribution in [0.3, 0.4) is 0 Å². The first kappa shape index (κ1) is 23.7. The second-order valence-corrected chi connectivity index (χ2v) is 8.23. The summed E-state index contributed by atoms with van der Waals surface area (Å²) < 4.78 is 25.0. The first-order valence-corrected chi connectivity index (χ1v) is 10.6. The summed E-state index contributed by atoms with van der Waals surface area (Å²) in [6.45, 7) is 5.62. The number of fused-ring (bicyclic) bond motifs is 1. The number of ether oxygens (including phenoxy) is 2. The lowest BCUT2D eigenvalue weighted by molar-refractivity contribution is 0.0281. The summed E-state index contributed by atoms with van der Waals surface area (Å²) in [5, 5.41) is 6.16. The van der Waals surface area contributed by atoms with Gasteiger partial charge in [-0.3, -0.25) is 9.59 Å². The van der Waals surface area contributed by atoms with Crippen molar-refractivity contribution in [2.75, 3.05) is 39.2 Å². The Hall–Kier alpha value is -2.97. The standard InChI is InChI=1S/C24H30FN3O4/c1-15-12-26-16(2)14-32-21-9-8-19(27-23(29)17-6-5-7-18(25)10-17)11-20(21)24(30)28(3)13-22(15)31-4/h5-11,15-16,22,26H,12-14H2,1-4H3,(H,27,29)/t15-,16+,22-/m0/s1. The third-order valence-electron chi connectivity index (χ3n) is 5.57. The molecular weight excluding hydrogens is 413 g/mol. The highest BCUT2D eigenvalue weighted by molar-refractivity contribution is 6.05. The molecule has 0 saturated carbocycles. The molecule has 0 unspecified atom stereocenters. The van der Waals surface area contributed by atoms with Gasteiger partial charge in [-0.25, -0.2) is 4.39 Å². The minimum Gasteiger partial charge on any atom is -0.491 e. The van der Waals surface area contributed by atoms with Crippen LogP contribution in [0.2, 0.25) is 0 Å². The molecule has 1 aliphatic heterocycles. The molecule has 0 spiro atoms. The Morgan fingerprint density at radius 1 is 1.25 bits per heavy atom. The number of amides is 2. The lowest BCUT2D eigenvalue weighted by Gasteiger charge is -2.30. The van der Waals surface area contributed by atoms with Gasteiger partial charge in [-0.05, 0) is 49.2 Å². The van der Waals surface area contributed by atoms with Crippen molar-refractivity contribution >= 4 is 17.5 Å². The van der Waals surface area contributed by atoms with E-state index in [4.69, 9.17) is 9.47 Å². The van der Waals surface area contributed by atoms with Crippen LogP contribution >= 0.6 is 0 Å². The van der Waals surface area contributed by atoms with Gasteiger partial charge in [0.25, 0.3) is 11.8 Å². The normalized spacial score (nSPS) is 22.2. The third kappa shape index (κ3) is 5.83. The third-order valence-corrected chi connectivity index (χ3v) is 5.57. The van der Waals surface area contributed by atoms with Gasteiger partial charge in [-0.15, -0.1) is 0 Å². The van der Waals surface area contributed by atoms with Gasteiger partial charge in [-0.1, -0.05) is 13.0 Å².